The highest BCUT2D eigenvalue weighted by Gasteiger charge is 2.29. The molecular formula is C49H41BrCl2N10O8. The molecule has 4 aromatic heterocycles. The minimum absolute atomic E-state index is 0.00678. The predicted octanol–water partition coefficient (Wildman–Crippen LogP) is 11.4. The first kappa shape index (κ1) is 49.9. The third-order valence-corrected chi connectivity index (χ3v) is 11.9. The molecule has 0 bridgehead atoms. The molecule has 0 unspecified atom stereocenters. The van der Waals surface area contributed by atoms with Gasteiger partial charge in [-0.25, -0.2) is 4.98 Å². The van der Waals surface area contributed by atoms with Gasteiger partial charge in [-0.1, -0.05) is 71.7 Å². The molecule has 8 rings (SSSR count). The number of carbonyl (C=O) groups is 2. The molecule has 4 heterocycles. The second kappa shape index (κ2) is 22.0. The van der Waals surface area contributed by atoms with Gasteiger partial charge in [0.05, 0.1) is 69.7 Å². The van der Waals surface area contributed by atoms with Crippen LogP contribution in [0.2, 0.25) is 10.0 Å². The number of nitrogens with zero attached hydrogens (tertiary/aromatic N) is 8. The largest absolute Gasteiger partial charge is 0.497 e. The van der Waals surface area contributed by atoms with Crippen LogP contribution in [0.3, 0.4) is 0 Å². The van der Waals surface area contributed by atoms with Crippen molar-refractivity contribution < 1.29 is 28.9 Å². The summed E-state index contributed by atoms with van der Waals surface area (Å²) in [6, 6.07) is 31.2. The Morgan fingerprint density at radius 3 is 1.41 bits per heavy atom. The smallest absolute Gasteiger partial charge is 0.334 e. The molecule has 8 aromatic rings. The van der Waals surface area contributed by atoms with Gasteiger partial charge in [0.1, 0.15) is 27.5 Å². The molecule has 0 saturated heterocycles. The molecule has 0 saturated carbocycles. The summed E-state index contributed by atoms with van der Waals surface area (Å²) in [4.78, 5) is 57.7. The van der Waals surface area contributed by atoms with Crippen LogP contribution in [-0.4, -0.2) is 65.2 Å². The average molecular weight is 1050 g/mol. The zero-order valence-electron chi connectivity index (χ0n) is 37.9. The zero-order chi connectivity index (χ0) is 50.2. The lowest BCUT2D eigenvalue weighted by atomic mass is 10.0. The molecule has 0 fully saturated rings. The third kappa shape index (κ3) is 11.3. The van der Waals surface area contributed by atoms with Gasteiger partial charge in [-0.15, -0.1) is 10.2 Å². The van der Waals surface area contributed by atoms with Crippen LogP contribution in [0.4, 0.5) is 34.4 Å². The number of hydrogen-bond donors (Lipinski definition) is 2. The SMILES string of the molecule is COc1ccc(Cn2nc(Nc3cc(Br)ncc3C(=O)c3ccccc3Cl)c([N+](=O)[O-])c2C)cc1.COc1ccc(Cn2nc(Nc3cc(C)ncc3C(=O)c3ccccc3Cl)c([N+](=O)[O-])c2C)cc1. The van der Waals surface area contributed by atoms with Crippen LogP contribution >= 0.6 is 39.1 Å². The molecular weight excluding hydrogens is 1010 g/mol. The Hall–Kier alpha value is -8.00. The normalized spacial score (nSPS) is 10.7. The Morgan fingerprint density at radius 1 is 0.614 bits per heavy atom. The van der Waals surface area contributed by atoms with Gasteiger partial charge in [0.15, 0.2) is 11.6 Å². The fourth-order valence-corrected chi connectivity index (χ4v) is 7.96. The van der Waals surface area contributed by atoms with E-state index in [-0.39, 0.29) is 56.3 Å². The van der Waals surface area contributed by atoms with Gasteiger partial charge in [0.2, 0.25) is 11.6 Å². The number of nitro groups is 2. The summed E-state index contributed by atoms with van der Waals surface area (Å²) in [7, 11) is 3.16. The minimum atomic E-state index is -0.499. The summed E-state index contributed by atoms with van der Waals surface area (Å²) in [5, 5.41) is 39.3. The van der Waals surface area contributed by atoms with E-state index in [1.54, 1.807) is 100 Å². The molecule has 21 heteroatoms. The maximum Gasteiger partial charge on any atom is 0.334 e. The average Bonchev–Trinajstić information content (AvgIpc) is 3.82. The number of ketones is 2. The second-order valence-corrected chi connectivity index (χ2v) is 17.0. The Labute approximate surface area is 418 Å². The van der Waals surface area contributed by atoms with Crippen molar-refractivity contribution in [3.63, 3.8) is 0 Å². The summed E-state index contributed by atoms with van der Waals surface area (Å²) >= 11 is 15.7. The highest BCUT2D eigenvalue weighted by atomic mass is 79.9. The highest BCUT2D eigenvalue weighted by molar-refractivity contribution is 9.10. The van der Waals surface area contributed by atoms with Crippen molar-refractivity contribution in [2.45, 2.75) is 33.9 Å². The van der Waals surface area contributed by atoms with Gasteiger partial charge in [0.25, 0.3) is 0 Å². The molecule has 0 spiro atoms. The number of aromatic nitrogens is 6. The van der Waals surface area contributed by atoms with Crippen molar-refractivity contribution in [2.24, 2.45) is 0 Å². The highest BCUT2D eigenvalue weighted by Crippen LogP contribution is 2.35. The van der Waals surface area contributed by atoms with Gasteiger partial charge in [0, 0.05) is 29.2 Å². The molecule has 18 nitrogen and oxygen atoms in total. The molecule has 0 aliphatic carbocycles. The molecule has 0 aliphatic rings. The minimum Gasteiger partial charge on any atom is -0.497 e. The molecule has 0 radical (unpaired) electrons. The number of halogens is 3. The number of ether oxygens (including phenoxy) is 2. The lowest BCUT2D eigenvalue weighted by molar-refractivity contribution is -0.384. The van der Waals surface area contributed by atoms with Crippen molar-refractivity contribution in [1.29, 1.82) is 0 Å². The topological polar surface area (TPSA) is 224 Å². The van der Waals surface area contributed by atoms with Crippen LogP contribution in [0, 0.1) is 41.0 Å². The number of nitrogens with one attached hydrogen (secondary N) is 2. The van der Waals surface area contributed by atoms with Crippen molar-refractivity contribution in [3.05, 3.63) is 207 Å². The van der Waals surface area contributed by atoms with Crippen molar-refractivity contribution >= 4 is 85.1 Å². The Kier molecular flexibility index (Phi) is 15.7. The quantitative estimate of drug-likeness (QED) is 0.0397. The molecule has 0 atom stereocenters. The summed E-state index contributed by atoms with van der Waals surface area (Å²) < 4.78 is 13.9. The molecule has 0 aliphatic heterocycles. The van der Waals surface area contributed by atoms with E-state index >= 15 is 0 Å². The van der Waals surface area contributed by atoms with Crippen LogP contribution in [0.5, 0.6) is 11.5 Å². The van der Waals surface area contributed by atoms with E-state index in [2.05, 4.69) is 46.7 Å². The molecule has 70 heavy (non-hydrogen) atoms. The van der Waals surface area contributed by atoms with Crippen molar-refractivity contribution in [2.75, 3.05) is 24.9 Å². The summed E-state index contributed by atoms with van der Waals surface area (Å²) in [6.45, 7) is 5.64. The number of methoxy groups -OCH3 is 2. The van der Waals surface area contributed by atoms with Gasteiger partial charge in [-0.2, -0.15) is 0 Å². The molecule has 2 N–H and O–H groups in total. The first-order chi connectivity index (χ1) is 33.6. The summed E-state index contributed by atoms with van der Waals surface area (Å²) in [5.74, 6) is 0.714. The number of hydrogen-bond acceptors (Lipinski definition) is 14. The number of aryl methyl sites for hydroxylation is 1. The van der Waals surface area contributed by atoms with Crippen LogP contribution in [0.1, 0.15) is 60.1 Å². The van der Waals surface area contributed by atoms with E-state index in [0.717, 1.165) is 11.1 Å². The third-order valence-electron chi connectivity index (χ3n) is 10.8. The zero-order valence-corrected chi connectivity index (χ0v) is 41.0. The first-order valence-corrected chi connectivity index (χ1v) is 22.6. The number of pyridine rings is 2. The fraction of sp³-hybridized carbons (Fsp3) is 0.143. The molecule has 356 valence electrons. The van der Waals surface area contributed by atoms with E-state index in [1.807, 2.05) is 48.5 Å². The van der Waals surface area contributed by atoms with Crippen LogP contribution in [0.15, 0.2) is 126 Å². The first-order valence-electron chi connectivity index (χ1n) is 21.0. The van der Waals surface area contributed by atoms with Crippen molar-refractivity contribution in [3.8, 4) is 11.5 Å². The van der Waals surface area contributed by atoms with Gasteiger partial charge in [-0.05, 0) is 108 Å². The number of rotatable bonds is 16. The van der Waals surface area contributed by atoms with E-state index in [9.17, 15) is 29.8 Å². The number of anilines is 4. The molecule has 0 amide bonds. The van der Waals surface area contributed by atoms with E-state index < -0.39 is 9.85 Å². The summed E-state index contributed by atoms with van der Waals surface area (Å²) in [5.41, 5.74) is 4.43. The maximum atomic E-state index is 13.2. The Balaban J connectivity index is 0.000000206. The lowest BCUT2D eigenvalue weighted by Crippen LogP contribution is -2.08. The second-order valence-electron chi connectivity index (χ2n) is 15.4. The monoisotopic (exact) mass is 1050 g/mol. The standard InChI is InChI=1S/C25H22ClN5O4.C24H19BrClN5O4/c1-15-12-22(20(13-27-15)24(32)19-6-4-5-7-21(19)26)28-25-23(31(33)34)16(2)30(29-25)14-17-8-10-18(35-3)11-9-17;1-14-22(31(33)34)24(29-30(14)13-15-7-9-16(35-2)10-8-15)28-20-11-21(25)27-12-18(20)23(32)17-5-3-4-6-19(17)26/h4-13H,14H2,1-3H3,(H,27,28,29);3-12H,13H2,1-2H3,(H,27,28,29). The number of carbonyl (C=O) groups excluding carboxylic acids is 2. The lowest BCUT2D eigenvalue weighted by Gasteiger charge is -2.11. The number of benzene rings is 4. The Bertz CT molecular complexity index is 3060. The van der Waals surface area contributed by atoms with Crippen molar-refractivity contribution in [1.82, 2.24) is 29.5 Å². The summed E-state index contributed by atoms with van der Waals surface area (Å²) in [6.07, 6.45) is 2.81. The fourth-order valence-electron chi connectivity index (χ4n) is 7.19. The van der Waals surface area contributed by atoms with E-state index in [1.165, 1.54) is 17.1 Å². The van der Waals surface area contributed by atoms with Gasteiger partial charge < -0.3 is 20.1 Å². The van der Waals surface area contributed by atoms with Gasteiger partial charge >= 0.3 is 11.4 Å². The predicted molar refractivity (Wildman–Crippen MR) is 269 cm³/mol. The maximum absolute atomic E-state index is 13.2. The van der Waals surface area contributed by atoms with Crippen LogP contribution in [-0.2, 0) is 13.1 Å². The van der Waals surface area contributed by atoms with Gasteiger partial charge in [-0.3, -0.25) is 44.2 Å². The molecule has 4 aromatic carbocycles. The van der Waals surface area contributed by atoms with Crippen LogP contribution < -0.4 is 20.1 Å². The Morgan fingerprint density at radius 2 is 1.01 bits per heavy atom. The van der Waals surface area contributed by atoms with E-state index in [4.69, 9.17) is 32.7 Å². The van der Waals surface area contributed by atoms with E-state index in [0.29, 0.717) is 68.2 Å². The van der Waals surface area contributed by atoms with Crippen LogP contribution in [0.25, 0.3) is 0 Å².